The molecule has 0 saturated carbocycles. The third-order valence-corrected chi connectivity index (χ3v) is 7.21. The molecule has 0 amide bonds. The van der Waals surface area contributed by atoms with Gasteiger partial charge in [0, 0.05) is 5.56 Å². The Morgan fingerprint density at radius 3 is 2.52 bits per heavy atom. The van der Waals surface area contributed by atoms with E-state index in [2.05, 4.69) is 39.2 Å². The first-order valence-corrected chi connectivity index (χ1v) is 11.5. The summed E-state index contributed by atoms with van der Waals surface area (Å²) in [5.74, 6) is 1.02. The third kappa shape index (κ3) is 3.95. The van der Waals surface area contributed by atoms with Gasteiger partial charge in [0.2, 0.25) is 10.8 Å². The van der Waals surface area contributed by atoms with E-state index in [-0.39, 0.29) is 17.7 Å². The molecule has 5 nitrogen and oxygen atoms in total. The van der Waals surface area contributed by atoms with Crippen LogP contribution in [0, 0.1) is 18.7 Å². The van der Waals surface area contributed by atoms with Crippen LogP contribution >= 0.6 is 11.3 Å². The molecule has 31 heavy (non-hydrogen) atoms. The van der Waals surface area contributed by atoms with E-state index >= 15 is 0 Å². The molecule has 1 atom stereocenters. The molecular weight excluding hydrogens is 411 g/mol. The summed E-state index contributed by atoms with van der Waals surface area (Å²) in [6.07, 6.45) is 3.15. The van der Waals surface area contributed by atoms with Gasteiger partial charge in [0.25, 0.3) is 0 Å². The van der Waals surface area contributed by atoms with Gasteiger partial charge in [-0.3, -0.25) is 4.90 Å². The summed E-state index contributed by atoms with van der Waals surface area (Å²) in [7, 11) is 0. The number of fused-ring (bicyclic) bond motifs is 1. The van der Waals surface area contributed by atoms with Crippen LogP contribution in [0.1, 0.15) is 40.7 Å². The third-order valence-electron chi connectivity index (χ3n) is 6.14. The minimum absolute atomic E-state index is 0.0558. The highest BCUT2D eigenvalue weighted by Gasteiger charge is 2.33. The topological polar surface area (TPSA) is 53.7 Å². The number of aryl methyl sites for hydroxylation is 1. The van der Waals surface area contributed by atoms with Crippen molar-refractivity contribution in [1.29, 1.82) is 0 Å². The maximum atomic E-state index is 14.9. The molecular formula is C24H25FN4OS. The lowest BCUT2D eigenvalue weighted by Crippen LogP contribution is -2.38. The molecule has 5 rings (SSSR count). The van der Waals surface area contributed by atoms with Crippen molar-refractivity contribution < 1.29 is 9.50 Å². The zero-order chi connectivity index (χ0) is 21.4. The van der Waals surface area contributed by atoms with Crippen molar-refractivity contribution in [1.82, 2.24) is 19.5 Å². The second kappa shape index (κ2) is 8.40. The second-order valence-electron chi connectivity index (χ2n) is 8.24. The molecule has 1 unspecified atom stereocenters. The van der Waals surface area contributed by atoms with E-state index in [1.54, 1.807) is 13.0 Å². The summed E-state index contributed by atoms with van der Waals surface area (Å²) in [5.41, 5.74) is 1.95. The number of likely N-dealkylation sites (tertiary alicyclic amines) is 1. The van der Waals surface area contributed by atoms with Gasteiger partial charge in [0.1, 0.15) is 11.6 Å². The maximum Gasteiger partial charge on any atom is 0.230 e. The molecule has 2 aromatic carbocycles. The number of aromatic nitrogens is 3. The predicted octanol–water partition coefficient (Wildman–Crippen LogP) is 4.99. The van der Waals surface area contributed by atoms with Crippen LogP contribution in [0.3, 0.4) is 0 Å². The lowest BCUT2D eigenvalue weighted by molar-refractivity contribution is 0.148. The molecule has 4 aromatic rings. The zero-order valence-corrected chi connectivity index (χ0v) is 18.2. The minimum Gasteiger partial charge on any atom is -0.492 e. The zero-order valence-electron chi connectivity index (χ0n) is 17.4. The van der Waals surface area contributed by atoms with Gasteiger partial charge in [0.15, 0.2) is 0 Å². The van der Waals surface area contributed by atoms with Gasteiger partial charge in [-0.2, -0.15) is 4.52 Å². The van der Waals surface area contributed by atoms with Crippen molar-refractivity contribution in [2.75, 3.05) is 13.1 Å². The highest BCUT2D eigenvalue weighted by Crippen LogP contribution is 2.42. The molecule has 2 aromatic heterocycles. The van der Waals surface area contributed by atoms with Crippen molar-refractivity contribution in [3.05, 3.63) is 82.2 Å². The van der Waals surface area contributed by atoms with Crippen LogP contribution < -0.4 is 0 Å². The normalized spacial score (nSPS) is 16.7. The molecule has 3 heterocycles. The first-order valence-electron chi connectivity index (χ1n) is 10.7. The van der Waals surface area contributed by atoms with Crippen LogP contribution in [-0.2, 0) is 6.42 Å². The number of rotatable bonds is 5. The van der Waals surface area contributed by atoms with E-state index in [0.29, 0.717) is 27.1 Å². The Morgan fingerprint density at radius 1 is 1.10 bits per heavy atom. The average Bonchev–Trinajstić information content (AvgIpc) is 3.29. The van der Waals surface area contributed by atoms with Crippen molar-refractivity contribution in [3.8, 4) is 5.88 Å². The maximum absolute atomic E-state index is 14.9. The van der Waals surface area contributed by atoms with Gasteiger partial charge in [-0.25, -0.2) is 9.37 Å². The van der Waals surface area contributed by atoms with Gasteiger partial charge < -0.3 is 5.11 Å². The quantitative estimate of drug-likeness (QED) is 0.479. The molecule has 7 heteroatoms. The van der Waals surface area contributed by atoms with Gasteiger partial charge in [-0.15, -0.1) is 5.10 Å². The summed E-state index contributed by atoms with van der Waals surface area (Å²) >= 11 is 1.38. The number of nitrogens with zero attached hydrogens (tertiary/aromatic N) is 4. The van der Waals surface area contributed by atoms with Gasteiger partial charge in [-0.05, 0) is 56.8 Å². The fraction of sp³-hybridized carbons (Fsp3) is 0.333. The van der Waals surface area contributed by atoms with Gasteiger partial charge in [-0.1, -0.05) is 59.9 Å². The van der Waals surface area contributed by atoms with Crippen molar-refractivity contribution in [3.63, 3.8) is 0 Å². The Hall–Kier alpha value is -2.77. The molecule has 0 aliphatic carbocycles. The van der Waals surface area contributed by atoms with Crippen molar-refractivity contribution in [2.24, 2.45) is 5.92 Å². The average molecular weight is 437 g/mol. The number of hydrogen-bond acceptors (Lipinski definition) is 5. The molecule has 1 aliphatic rings. The van der Waals surface area contributed by atoms with E-state index < -0.39 is 0 Å². The summed E-state index contributed by atoms with van der Waals surface area (Å²) in [4.78, 5) is 8.01. The van der Waals surface area contributed by atoms with Crippen LogP contribution in [0.2, 0.25) is 0 Å². The van der Waals surface area contributed by atoms with Crippen LogP contribution in [0.5, 0.6) is 5.88 Å². The SMILES string of the molecule is Cc1nc2sc(C(c3ccccc3F)N3CCC(Cc4ccccc4)CC3)c(O)n2n1. The number of hydrogen-bond donors (Lipinski definition) is 1. The lowest BCUT2D eigenvalue weighted by Gasteiger charge is -2.37. The number of thiazole rings is 1. The number of aromatic hydroxyl groups is 1. The Bertz CT molecular complexity index is 1180. The fourth-order valence-electron chi connectivity index (χ4n) is 4.59. The summed E-state index contributed by atoms with van der Waals surface area (Å²) < 4.78 is 16.3. The van der Waals surface area contributed by atoms with Crippen LogP contribution in [0.4, 0.5) is 4.39 Å². The van der Waals surface area contributed by atoms with E-state index in [1.807, 2.05) is 18.2 Å². The summed E-state index contributed by atoms with van der Waals surface area (Å²) in [6.45, 7) is 3.50. The Balaban J connectivity index is 1.44. The Labute approximate surface area is 184 Å². The first-order chi connectivity index (χ1) is 15.1. The fourth-order valence-corrected chi connectivity index (χ4v) is 5.74. The number of piperidine rings is 1. The van der Waals surface area contributed by atoms with Crippen molar-refractivity contribution in [2.45, 2.75) is 32.2 Å². The smallest absolute Gasteiger partial charge is 0.230 e. The van der Waals surface area contributed by atoms with Crippen LogP contribution in [0.25, 0.3) is 4.96 Å². The molecule has 1 aliphatic heterocycles. The van der Waals surface area contributed by atoms with E-state index in [9.17, 15) is 9.50 Å². The van der Waals surface area contributed by atoms with Gasteiger partial charge >= 0.3 is 0 Å². The highest BCUT2D eigenvalue weighted by atomic mass is 32.1. The molecule has 0 radical (unpaired) electrons. The van der Waals surface area contributed by atoms with Crippen LogP contribution in [-0.4, -0.2) is 37.7 Å². The second-order valence-corrected chi connectivity index (χ2v) is 9.25. The minimum atomic E-state index is -0.354. The summed E-state index contributed by atoms with van der Waals surface area (Å²) in [5, 5.41) is 15.2. The molecule has 0 bridgehead atoms. The van der Waals surface area contributed by atoms with Gasteiger partial charge in [0.05, 0.1) is 10.9 Å². The van der Waals surface area contributed by atoms with E-state index in [4.69, 9.17) is 0 Å². The van der Waals surface area contributed by atoms with Crippen LogP contribution in [0.15, 0.2) is 54.6 Å². The number of benzene rings is 2. The van der Waals surface area contributed by atoms with E-state index in [0.717, 1.165) is 32.4 Å². The molecule has 1 saturated heterocycles. The largest absolute Gasteiger partial charge is 0.492 e. The molecule has 0 spiro atoms. The molecule has 1 fully saturated rings. The lowest BCUT2D eigenvalue weighted by atomic mass is 9.88. The standard InChI is InChI=1S/C24H25FN4OS/c1-16-26-24-29(27-16)23(30)22(31-24)21(19-9-5-6-10-20(19)25)28-13-11-18(12-14-28)15-17-7-3-2-4-8-17/h2-10,18,21,30H,11-15H2,1H3. The number of halogens is 1. The van der Waals surface area contributed by atoms with Crippen molar-refractivity contribution >= 4 is 16.3 Å². The Morgan fingerprint density at radius 2 is 1.81 bits per heavy atom. The summed E-state index contributed by atoms with van der Waals surface area (Å²) in [6, 6.07) is 17.1. The molecule has 1 N–H and O–H groups in total. The monoisotopic (exact) mass is 436 g/mol. The highest BCUT2D eigenvalue weighted by molar-refractivity contribution is 7.17. The Kier molecular flexibility index (Phi) is 5.46. The van der Waals surface area contributed by atoms with E-state index in [1.165, 1.54) is 27.5 Å². The predicted molar refractivity (Wildman–Crippen MR) is 120 cm³/mol. The first kappa shape index (κ1) is 20.2. The molecule has 160 valence electrons.